The van der Waals surface area contributed by atoms with Gasteiger partial charge >= 0.3 is 0 Å². The zero-order chi connectivity index (χ0) is 19.1. The Kier molecular flexibility index (Phi) is 3.86. The van der Waals surface area contributed by atoms with Gasteiger partial charge in [-0.05, 0) is 43.3 Å². The maximum atomic E-state index is 12.9. The van der Waals surface area contributed by atoms with Crippen LogP contribution in [0.15, 0.2) is 79.1 Å². The van der Waals surface area contributed by atoms with Gasteiger partial charge in [0.1, 0.15) is 5.82 Å². The summed E-state index contributed by atoms with van der Waals surface area (Å²) in [5.74, 6) is 1.03. The molecule has 0 saturated carbocycles. The predicted octanol–water partition coefficient (Wildman–Crippen LogP) is 4.13. The van der Waals surface area contributed by atoms with E-state index in [2.05, 4.69) is 35.8 Å². The van der Waals surface area contributed by atoms with Crippen LogP contribution < -0.4 is 0 Å². The molecule has 0 atom stereocenters. The maximum Gasteiger partial charge on any atom is 0.254 e. The van der Waals surface area contributed by atoms with Crippen molar-refractivity contribution in [3.8, 4) is 11.5 Å². The third kappa shape index (κ3) is 2.72. The molecule has 0 aliphatic carbocycles. The number of aryl methyl sites for hydroxylation is 1. The van der Waals surface area contributed by atoms with Gasteiger partial charge in [0, 0.05) is 23.5 Å². The van der Waals surface area contributed by atoms with Gasteiger partial charge < -0.3 is 9.47 Å². The number of carbonyl (C=O) groups is 1. The standard InChI is InChI=1S/C23H20N4O/c1-17-9-11-19(12-10-17)27-22(25-13-5-6-14-25)20-15-26(16-21(20)24-27)23(28)18-7-3-2-4-8-18/h2-14H,15-16H2,1H3. The third-order valence-electron chi connectivity index (χ3n) is 5.16. The number of carbonyl (C=O) groups excluding carboxylic acids is 1. The molecule has 1 aliphatic rings. The Hall–Kier alpha value is -3.60. The summed E-state index contributed by atoms with van der Waals surface area (Å²) in [6, 6.07) is 21.8. The first-order chi connectivity index (χ1) is 13.7. The molecule has 1 amide bonds. The summed E-state index contributed by atoms with van der Waals surface area (Å²) in [6.45, 7) is 3.16. The number of fused-ring (bicyclic) bond motifs is 1. The lowest BCUT2D eigenvalue weighted by Gasteiger charge is -2.17. The van der Waals surface area contributed by atoms with Gasteiger partial charge in [0.05, 0.1) is 24.5 Å². The van der Waals surface area contributed by atoms with Crippen LogP contribution in [-0.2, 0) is 13.1 Å². The largest absolute Gasteiger partial charge is 0.328 e. The summed E-state index contributed by atoms with van der Waals surface area (Å²) in [7, 11) is 0. The van der Waals surface area contributed by atoms with Crippen molar-refractivity contribution in [2.24, 2.45) is 0 Å². The highest BCUT2D eigenvalue weighted by molar-refractivity contribution is 5.94. The second-order valence-corrected chi connectivity index (χ2v) is 7.11. The van der Waals surface area contributed by atoms with Crippen molar-refractivity contribution >= 4 is 5.91 Å². The van der Waals surface area contributed by atoms with Crippen LogP contribution in [0, 0.1) is 6.92 Å². The second kappa shape index (κ2) is 6.53. The Labute approximate surface area is 163 Å². The van der Waals surface area contributed by atoms with Crippen molar-refractivity contribution in [3.63, 3.8) is 0 Å². The molecule has 0 spiro atoms. The molecule has 0 N–H and O–H groups in total. The van der Waals surface area contributed by atoms with E-state index in [1.54, 1.807) is 0 Å². The highest BCUT2D eigenvalue weighted by atomic mass is 16.2. The molecule has 2 aromatic carbocycles. The summed E-state index contributed by atoms with van der Waals surface area (Å²) >= 11 is 0. The lowest BCUT2D eigenvalue weighted by Crippen LogP contribution is -2.26. The first-order valence-corrected chi connectivity index (χ1v) is 9.36. The third-order valence-corrected chi connectivity index (χ3v) is 5.16. The van der Waals surface area contributed by atoms with Crippen molar-refractivity contribution in [2.75, 3.05) is 0 Å². The number of rotatable bonds is 3. The molecule has 1 aliphatic heterocycles. The van der Waals surface area contributed by atoms with Gasteiger partial charge in [0.25, 0.3) is 5.91 Å². The minimum Gasteiger partial charge on any atom is -0.328 e. The topological polar surface area (TPSA) is 43.1 Å². The summed E-state index contributed by atoms with van der Waals surface area (Å²) < 4.78 is 4.05. The average molecular weight is 368 g/mol. The van der Waals surface area contributed by atoms with E-state index in [1.165, 1.54) is 5.56 Å². The maximum absolute atomic E-state index is 12.9. The molecule has 3 heterocycles. The van der Waals surface area contributed by atoms with Gasteiger partial charge in [0.2, 0.25) is 0 Å². The minimum absolute atomic E-state index is 0.0407. The number of amides is 1. The highest BCUT2D eigenvalue weighted by Crippen LogP contribution is 2.31. The first kappa shape index (κ1) is 16.6. The van der Waals surface area contributed by atoms with E-state index >= 15 is 0 Å². The lowest BCUT2D eigenvalue weighted by molar-refractivity contribution is 0.0749. The molecule has 0 radical (unpaired) electrons. The zero-order valence-corrected chi connectivity index (χ0v) is 15.6. The molecule has 0 bridgehead atoms. The van der Waals surface area contributed by atoms with Crippen molar-refractivity contribution in [1.82, 2.24) is 19.2 Å². The van der Waals surface area contributed by atoms with E-state index in [4.69, 9.17) is 5.10 Å². The normalized spacial score (nSPS) is 13.0. The fraction of sp³-hybridized carbons (Fsp3) is 0.130. The molecule has 138 valence electrons. The van der Waals surface area contributed by atoms with Crippen molar-refractivity contribution in [1.29, 1.82) is 0 Å². The zero-order valence-electron chi connectivity index (χ0n) is 15.6. The molecule has 4 aromatic rings. The first-order valence-electron chi connectivity index (χ1n) is 9.36. The van der Waals surface area contributed by atoms with Crippen molar-refractivity contribution in [2.45, 2.75) is 20.0 Å². The molecule has 2 aromatic heterocycles. The quantitative estimate of drug-likeness (QED) is 0.546. The molecule has 0 fully saturated rings. The molecule has 5 nitrogen and oxygen atoms in total. The van der Waals surface area contributed by atoms with E-state index in [1.807, 2.05) is 64.4 Å². The molecule has 5 rings (SSSR count). The van der Waals surface area contributed by atoms with Crippen LogP contribution in [0.2, 0.25) is 0 Å². The second-order valence-electron chi connectivity index (χ2n) is 7.11. The Bertz CT molecular complexity index is 1130. The number of hydrogen-bond acceptors (Lipinski definition) is 2. The van der Waals surface area contributed by atoms with Crippen LogP contribution in [0.1, 0.15) is 27.2 Å². The minimum atomic E-state index is 0.0407. The van der Waals surface area contributed by atoms with E-state index in [0.717, 1.165) is 22.8 Å². The predicted molar refractivity (Wildman–Crippen MR) is 108 cm³/mol. The highest BCUT2D eigenvalue weighted by Gasteiger charge is 2.31. The average Bonchev–Trinajstić information content (AvgIpc) is 3.44. The van der Waals surface area contributed by atoms with Gasteiger partial charge in [-0.2, -0.15) is 5.10 Å². The van der Waals surface area contributed by atoms with Crippen LogP contribution in [-0.4, -0.2) is 25.2 Å². The monoisotopic (exact) mass is 368 g/mol. The molecular formula is C23H20N4O. The SMILES string of the molecule is Cc1ccc(-n2nc3c(c2-n2cccc2)CN(C(=O)c2ccccc2)C3)cc1. The van der Waals surface area contributed by atoms with Gasteiger partial charge in [-0.25, -0.2) is 4.68 Å². The smallest absolute Gasteiger partial charge is 0.254 e. The number of hydrogen-bond donors (Lipinski definition) is 0. The van der Waals surface area contributed by atoms with Crippen LogP contribution in [0.5, 0.6) is 0 Å². The van der Waals surface area contributed by atoms with Crippen molar-refractivity contribution < 1.29 is 4.79 Å². The van der Waals surface area contributed by atoms with Crippen LogP contribution in [0.4, 0.5) is 0 Å². The molecule has 5 heteroatoms. The van der Waals surface area contributed by atoms with E-state index < -0.39 is 0 Å². The fourth-order valence-corrected chi connectivity index (χ4v) is 3.72. The molecular weight excluding hydrogens is 348 g/mol. The van der Waals surface area contributed by atoms with E-state index in [9.17, 15) is 4.79 Å². The molecule has 0 saturated heterocycles. The van der Waals surface area contributed by atoms with Crippen molar-refractivity contribution in [3.05, 3.63) is 102 Å². The Balaban J connectivity index is 1.55. The van der Waals surface area contributed by atoms with Gasteiger partial charge in [0.15, 0.2) is 0 Å². The number of aromatic nitrogens is 3. The van der Waals surface area contributed by atoms with E-state index in [-0.39, 0.29) is 5.91 Å². The number of benzene rings is 2. The van der Waals surface area contributed by atoms with E-state index in [0.29, 0.717) is 18.7 Å². The fourth-order valence-electron chi connectivity index (χ4n) is 3.72. The Morgan fingerprint density at radius 2 is 1.61 bits per heavy atom. The van der Waals surface area contributed by atoms with Crippen LogP contribution >= 0.6 is 0 Å². The Morgan fingerprint density at radius 1 is 0.893 bits per heavy atom. The summed E-state index contributed by atoms with van der Waals surface area (Å²) in [6.07, 6.45) is 4.04. The molecule has 28 heavy (non-hydrogen) atoms. The lowest BCUT2D eigenvalue weighted by atomic mass is 10.2. The summed E-state index contributed by atoms with van der Waals surface area (Å²) in [4.78, 5) is 14.7. The Morgan fingerprint density at radius 3 is 2.32 bits per heavy atom. The van der Waals surface area contributed by atoms with Gasteiger partial charge in [-0.3, -0.25) is 4.79 Å². The van der Waals surface area contributed by atoms with Gasteiger partial charge in [-0.15, -0.1) is 0 Å². The summed E-state index contributed by atoms with van der Waals surface area (Å²) in [5, 5.41) is 4.87. The van der Waals surface area contributed by atoms with Crippen LogP contribution in [0.3, 0.4) is 0 Å². The number of nitrogens with zero attached hydrogens (tertiary/aromatic N) is 4. The molecule has 0 unspecified atom stereocenters. The van der Waals surface area contributed by atoms with Crippen LogP contribution in [0.25, 0.3) is 11.5 Å². The summed E-state index contributed by atoms with van der Waals surface area (Å²) in [5.41, 5.74) is 4.99. The van der Waals surface area contributed by atoms with Gasteiger partial charge in [-0.1, -0.05) is 35.9 Å².